The van der Waals surface area contributed by atoms with Gasteiger partial charge >= 0.3 is 0 Å². The first-order valence-corrected chi connectivity index (χ1v) is 6.68. The van der Waals surface area contributed by atoms with Crippen LogP contribution in [0.2, 0.25) is 0 Å². The third-order valence-electron chi connectivity index (χ3n) is 2.66. The first-order chi connectivity index (χ1) is 8.61. The van der Waals surface area contributed by atoms with Crippen molar-refractivity contribution in [2.75, 3.05) is 20.3 Å². The van der Waals surface area contributed by atoms with E-state index < -0.39 is 13.0 Å². The van der Waals surface area contributed by atoms with E-state index in [1.165, 1.54) is 5.56 Å². The summed E-state index contributed by atoms with van der Waals surface area (Å²) in [6.45, 7) is -0.124. The van der Waals surface area contributed by atoms with E-state index in [2.05, 4.69) is 33.4 Å². The van der Waals surface area contributed by atoms with Crippen LogP contribution in [-0.4, -0.2) is 32.7 Å². The standard InChI is InChI=1S/C13H18BrF2NO/c1-17-12(6-7-18-9-13(15)16)8-10-2-4-11(14)5-3-10/h2-5,12-13,17H,6-9H2,1H3. The molecule has 1 aromatic rings. The van der Waals surface area contributed by atoms with E-state index in [4.69, 9.17) is 4.74 Å². The zero-order valence-corrected chi connectivity index (χ0v) is 11.9. The molecule has 102 valence electrons. The summed E-state index contributed by atoms with van der Waals surface area (Å²) >= 11 is 3.39. The van der Waals surface area contributed by atoms with Crippen molar-refractivity contribution >= 4 is 15.9 Å². The predicted molar refractivity (Wildman–Crippen MR) is 72.1 cm³/mol. The van der Waals surface area contributed by atoms with Crippen molar-refractivity contribution in [3.8, 4) is 0 Å². The second-order valence-corrected chi connectivity index (χ2v) is 4.99. The van der Waals surface area contributed by atoms with Crippen molar-refractivity contribution < 1.29 is 13.5 Å². The van der Waals surface area contributed by atoms with Crippen LogP contribution in [0.5, 0.6) is 0 Å². The molecule has 0 aliphatic carbocycles. The zero-order chi connectivity index (χ0) is 13.4. The Kier molecular flexibility index (Phi) is 7.39. The van der Waals surface area contributed by atoms with Crippen molar-refractivity contribution in [3.05, 3.63) is 34.3 Å². The number of nitrogens with one attached hydrogen (secondary N) is 1. The summed E-state index contributed by atoms with van der Waals surface area (Å²) in [6.07, 6.45) is -0.800. The minimum absolute atomic E-state index is 0.240. The Hall–Kier alpha value is -0.520. The van der Waals surface area contributed by atoms with Crippen LogP contribution in [0.3, 0.4) is 0 Å². The first-order valence-electron chi connectivity index (χ1n) is 5.89. The quantitative estimate of drug-likeness (QED) is 0.742. The molecule has 0 saturated heterocycles. The molecule has 0 amide bonds. The summed E-state index contributed by atoms with van der Waals surface area (Å²) in [6, 6.07) is 8.33. The number of alkyl halides is 2. The monoisotopic (exact) mass is 321 g/mol. The number of hydrogen-bond acceptors (Lipinski definition) is 2. The average molecular weight is 322 g/mol. The Morgan fingerprint density at radius 1 is 1.28 bits per heavy atom. The molecule has 5 heteroatoms. The number of rotatable bonds is 8. The van der Waals surface area contributed by atoms with E-state index in [1.807, 2.05) is 19.2 Å². The van der Waals surface area contributed by atoms with E-state index in [0.717, 1.165) is 17.3 Å². The predicted octanol–water partition coefficient (Wildman–Crippen LogP) is 3.25. The van der Waals surface area contributed by atoms with E-state index >= 15 is 0 Å². The summed E-state index contributed by atoms with van der Waals surface area (Å²) in [5.41, 5.74) is 1.21. The van der Waals surface area contributed by atoms with Crippen LogP contribution in [0, 0.1) is 0 Å². The lowest BCUT2D eigenvalue weighted by Crippen LogP contribution is -2.29. The molecular weight excluding hydrogens is 304 g/mol. The third-order valence-corrected chi connectivity index (χ3v) is 3.19. The van der Waals surface area contributed by atoms with Crippen LogP contribution >= 0.6 is 15.9 Å². The van der Waals surface area contributed by atoms with Gasteiger partial charge in [-0.05, 0) is 37.6 Å². The molecule has 0 aliphatic rings. The molecule has 0 heterocycles. The summed E-state index contributed by atoms with van der Waals surface area (Å²) in [4.78, 5) is 0. The molecule has 0 saturated carbocycles. The van der Waals surface area contributed by atoms with Gasteiger partial charge in [-0.3, -0.25) is 0 Å². The van der Waals surface area contributed by atoms with Crippen molar-refractivity contribution in [1.29, 1.82) is 0 Å². The number of likely N-dealkylation sites (N-methyl/N-ethyl adjacent to an activating group) is 1. The van der Waals surface area contributed by atoms with Crippen molar-refractivity contribution in [2.45, 2.75) is 25.3 Å². The van der Waals surface area contributed by atoms with Crippen LogP contribution in [0.25, 0.3) is 0 Å². The average Bonchev–Trinajstić information content (AvgIpc) is 2.35. The molecule has 1 rings (SSSR count). The zero-order valence-electron chi connectivity index (χ0n) is 10.3. The molecular formula is C13H18BrF2NO. The summed E-state index contributed by atoms with van der Waals surface area (Å²) < 4.78 is 29.7. The summed E-state index contributed by atoms with van der Waals surface area (Å²) in [5.74, 6) is 0. The maximum Gasteiger partial charge on any atom is 0.261 e. The van der Waals surface area contributed by atoms with Gasteiger partial charge in [-0.15, -0.1) is 0 Å². The topological polar surface area (TPSA) is 21.3 Å². The lowest BCUT2D eigenvalue weighted by molar-refractivity contribution is 0.0146. The highest BCUT2D eigenvalue weighted by Crippen LogP contribution is 2.12. The number of hydrogen-bond donors (Lipinski definition) is 1. The molecule has 0 fully saturated rings. The normalized spacial score (nSPS) is 12.9. The van der Waals surface area contributed by atoms with Gasteiger partial charge in [0.05, 0.1) is 0 Å². The molecule has 0 aliphatic heterocycles. The van der Waals surface area contributed by atoms with Gasteiger partial charge in [0, 0.05) is 17.1 Å². The van der Waals surface area contributed by atoms with Gasteiger partial charge in [0.1, 0.15) is 6.61 Å². The molecule has 18 heavy (non-hydrogen) atoms. The lowest BCUT2D eigenvalue weighted by atomic mass is 10.0. The summed E-state index contributed by atoms with van der Waals surface area (Å²) in [5, 5.41) is 3.17. The second-order valence-electron chi connectivity index (χ2n) is 4.07. The van der Waals surface area contributed by atoms with Crippen LogP contribution in [0.15, 0.2) is 28.7 Å². The minimum Gasteiger partial charge on any atom is -0.375 e. The molecule has 1 N–H and O–H groups in total. The van der Waals surface area contributed by atoms with Crippen molar-refractivity contribution in [2.24, 2.45) is 0 Å². The molecule has 0 spiro atoms. The molecule has 0 aromatic heterocycles. The van der Waals surface area contributed by atoms with Crippen LogP contribution < -0.4 is 5.32 Å². The van der Waals surface area contributed by atoms with Crippen LogP contribution in [0.4, 0.5) is 8.78 Å². The van der Waals surface area contributed by atoms with Gasteiger partial charge < -0.3 is 10.1 Å². The van der Waals surface area contributed by atoms with E-state index in [9.17, 15) is 8.78 Å². The molecule has 1 aromatic carbocycles. The van der Waals surface area contributed by atoms with E-state index in [1.54, 1.807) is 0 Å². The first kappa shape index (κ1) is 15.5. The van der Waals surface area contributed by atoms with E-state index in [0.29, 0.717) is 6.61 Å². The maximum absolute atomic E-state index is 11.9. The minimum atomic E-state index is -2.38. The molecule has 1 atom stereocenters. The Labute approximate surface area is 115 Å². The highest BCUT2D eigenvalue weighted by molar-refractivity contribution is 9.10. The van der Waals surface area contributed by atoms with Crippen LogP contribution in [-0.2, 0) is 11.2 Å². The van der Waals surface area contributed by atoms with Gasteiger partial charge in [0.25, 0.3) is 6.43 Å². The van der Waals surface area contributed by atoms with Crippen LogP contribution in [0.1, 0.15) is 12.0 Å². The van der Waals surface area contributed by atoms with Crippen molar-refractivity contribution in [1.82, 2.24) is 5.32 Å². The largest absolute Gasteiger partial charge is 0.375 e. The fraction of sp³-hybridized carbons (Fsp3) is 0.538. The van der Waals surface area contributed by atoms with E-state index in [-0.39, 0.29) is 6.04 Å². The molecule has 1 unspecified atom stereocenters. The maximum atomic E-state index is 11.9. The number of benzene rings is 1. The Bertz CT molecular complexity index is 332. The lowest BCUT2D eigenvalue weighted by Gasteiger charge is -2.16. The number of ether oxygens (including phenoxy) is 1. The molecule has 0 bridgehead atoms. The van der Waals surface area contributed by atoms with Crippen molar-refractivity contribution in [3.63, 3.8) is 0 Å². The molecule has 0 radical (unpaired) electrons. The van der Waals surface area contributed by atoms with Gasteiger partial charge in [0.2, 0.25) is 0 Å². The molecule has 2 nitrogen and oxygen atoms in total. The fourth-order valence-electron chi connectivity index (χ4n) is 1.65. The Morgan fingerprint density at radius 2 is 1.94 bits per heavy atom. The van der Waals surface area contributed by atoms with Gasteiger partial charge in [-0.1, -0.05) is 28.1 Å². The smallest absolute Gasteiger partial charge is 0.261 e. The third kappa shape index (κ3) is 6.42. The highest BCUT2D eigenvalue weighted by Gasteiger charge is 2.08. The SMILES string of the molecule is CNC(CCOCC(F)F)Cc1ccc(Br)cc1. The second kappa shape index (κ2) is 8.56. The Morgan fingerprint density at radius 3 is 2.50 bits per heavy atom. The number of halogens is 3. The van der Waals surface area contributed by atoms with Gasteiger partial charge in [-0.25, -0.2) is 8.78 Å². The fourth-order valence-corrected chi connectivity index (χ4v) is 1.92. The highest BCUT2D eigenvalue weighted by atomic mass is 79.9. The Balaban J connectivity index is 2.30. The van der Waals surface area contributed by atoms with Gasteiger partial charge in [0.15, 0.2) is 0 Å². The van der Waals surface area contributed by atoms with Gasteiger partial charge in [-0.2, -0.15) is 0 Å². The summed E-state index contributed by atoms with van der Waals surface area (Å²) in [7, 11) is 1.87.